The molecule has 1 aromatic rings. The van der Waals surface area contributed by atoms with Crippen LogP contribution in [-0.4, -0.2) is 20.8 Å². The molecule has 0 bridgehead atoms. The van der Waals surface area contributed by atoms with Gasteiger partial charge in [0.15, 0.2) is 0 Å². The van der Waals surface area contributed by atoms with Crippen molar-refractivity contribution in [1.82, 2.24) is 5.32 Å². The lowest BCUT2D eigenvalue weighted by Gasteiger charge is -2.21. The molecular weight excluding hydrogens is 217 g/mol. The maximum absolute atomic E-state index is 13.8. The van der Waals surface area contributed by atoms with Gasteiger partial charge in [-0.05, 0) is 32.4 Å². The number of halogens is 1. The second-order valence-corrected chi connectivity index (χ2v) is 4.66. The van der Waals surface area contributed by atoms with Crippen molar-refractivity contribution in [3.8, 4) is 0 Å². The molecular formula is C14H22FNO. The first-order valence-corrected chi connectivity index (χ1v) is 6.00. The molecule has 0 aliphatic carbocycles. The molecule has 3 heteroatoms. The van der Waals surface area contributed by atoms with E-state index in [0.29, 0.717) is 12.5 Å². The van der Waals surface area contributed by atoms with Gasteiger partial charge in [-0.1, -0.05) is 24.6 Å². The maximum atomic E-state index is 13.8. The van der Waals surface area contributed by atoms with Gasteiger partial charge in [0.2, 0.25) is 0 Å². The van der Waals surface area contributed by atoms with Crippen molar-refractivity contribution in [2.75, 3.05) is 20.8 Å². The molecule has 0 radical (unpaired) electrons. The number of benzene rings is 1. The fraction of sp³-hybridized carbons (Fsp3) is 0.571. The summed E-state index contributed by atoms with van der Waals surface area (Å²) in [7, 11) is 3.56. The van der Waals surface area contributed by atoms with E-state index < -0.39 is 0 Å². The molecule has 0 saturated carbocycles. The lowest BCUT2D eigenvalue weighted by atomic mass is 9.95. The van der Waals surface area contributed by atoms with Crippen molar-refractivity contribution < 1.29 is 9.13 Å². The third-order valence-corrected chi connectivity index (χ3v) is 2.96. The van der Waals surface area contributed by atoms with E-state index in [0.717, 1.165) is 17.5 Å². The van der Waals surface area contributed by atoms with Crippen molar-refractivity contribution in [3.05, 3.63) is 35.1 Å². The van der Waals surface area contributed by atoms with E-state index in [4.69, 9.17) is 4.74 Å². The van der Waals surface area contributed by atoms with Gasteiger partial charge in [-0.25, -0.2) is 4.39 Å². The summed E-state index contributed by atoms with van der Waals surface area (Å²) in [4.78, 5) is 0. The van der Waals surface area contributed by atoms with Gasteiger partial charge >= 0.3 is 0 Å². The molecule has 0 amide bonds. The predicted octanol–water partition coefficient (Wildman–Crippen LogP) is 3.07. The Labute approximate surface area is 103 Å². The highest BCUT2D eigenvalue weighted by molar-refractivity contribution is 5.26. The van der Waals surface area contributed by atoms with Gasteiger partial charge in [0.05, 0.1) is 0 Å². The Bertz CT molecular complexity index is 354. The number of hydrogen-bond acceptors (Lipinski definition) is 2. The number of hydrogen-bond donors (Lipinski definition) is 1. The van der Waals surface area contributed by atoms with Gasteiger partial charge in [-0.15, -0.1) is 0 Å². The molecule has 2 unspecified atom stereocenters. The second-order valence-electron chi connectivity index (χ2n) is 4.66. The minimum atomic E-state index is -0.139. The highest BCUT2D eigenvalue weighted by Crippen LogP contribution is 2.24. The molecule has 1 rings (SSSR count). The Kier molecular flexibility index (Phi) is 5.59. The molecule has 0 aliphatic rings. The number of rotatable bonds is 6. The fourth-order valence-corrected chi connectivity index (χ4v) is 2.09. The van der Waals surface area contributed by atoms with Crippen LogP contribution in [0.1, 0.15) is 30.5 Å². The average molecular weight is 239 g/mol. The second kappa shape index (κ2) is 6.72. The van der Waals surface area contributed by atoms with Crippen molar-refractivity contribution in [2.45, 2.75) is 26.3 Å². The lowest BCUT2D eigenvalue weighted by molar-refractivity contribution is 0.149. The van der Waals surface area contributed by atoms with Gasteiger partial charge in [-0.3, -0.25) is 0 Å². The Morgan fingerprint density at radius 3 is 2.71 bits per heavy atom. The average Bonchev–Trinajstić information content (AvgIpc) is 2.30. The quantitative estimate of drug-likeness (QED) is 0.823. The first-order chi connectivity index (χ1) is 8.08. The molecule has 0 fully saturated rings. The van der Waals surface area contributed by atoms with Crippen LogP contribution in [0.25, 0.3) is 0 Å². The van der Waals surface area contributed by atoms with E-state index in [9.17, 15) is 4.39 Å². The molecule has 2 nitrogen and oxygen atoms in total. The van der Waals surface area contributed by atoms with Crippen molar-refractivity contribution in [3.63, 3.8) is 0 Å². The van der Waals surface area contributed by atoms with Crippen LogP contribution in [0.2, 0.25) is 0 Å². The standard InChI is InChI=1S/C14H22FNO/c1-10-5-6-13(15)12(7-10)14(16-3)8-11(2)9-17-4/h5-7,11,14,16H,8-9H2,1-4H3. The largest absolute Gasteiger partial charge is 0.384 e. The Morgan fingerprint density at radius 1 is 1.41 bits per heavy atom. The highest BCUT2D eigenvalue weighted by Gasteiger charge is 2.17. The van der Waals surface area contributed by atoms with Gasteiger partial charge in [0.25, 0.3) is 0 Å². The van der Waals surface area contributed by atoms with Crippen LogP contribution in [0.3, 0.4) is 0 Å². The Morgan fingerprint density at radius 2 is 2.12 bits per heavy atom. The van der Waals surface area contributed by atoms with Gasteiger partial charge in [-0.2, -0.15) is 0 Å². The van der Waals surface area contributed by atoms with Crippen molar-refractivity contribution >= 4 is 0 Å². The summed E-state index contributed by atoms with van der Waals surface area (Å²) in [5, 5.41) is 3.18. The Balaban J connectivity index is 2.82. The van der Waals surface area contributed by atoms with Crippen molar-refractivity contribution in [1.29, 1.82) is 0 Å². The topological polar surface area (TPSA) is 21.3 Å². The van der Waals surface area contributed by atoms with Gasteiger partial charge in [0.1, 0.15) is 5.82 Å². The molecule has 1 aromatic carbocycles. The molecule has 2 atom stereocenters. The van der Waals surface area contributed by atoms with E-state index in [1.807, 2.05) is 20.0 Å². The van der Waals surface area contributed by atoms with E-state index >= 15 is 0 Å². The number of methoxy groups -OCH3 is 1. The zero-order valence-corrected chi connectivity index (χ0v) is 11.1. The summed E-state index contributed by atoms with van der Waals surface area (Å²) in [6, 6.07) is 5.29. The summed E-state index contributed by atoms with van der Waals surface area (Å²) in [5.74, 6) is 0.261. The van der Waals surface area contributed by atoms with Crippen LogP contribution in [0, 0.1) is 18.7 Å². The van der Waals surface area contributed by atoms with Crippen LogP contribution in [0.4, 0.5) is 4.39 Å². The highest BCUT2D eigenvalue weighted by atomic mass is 19.1. The normalized spacial score (nSPS) is 14.6. The molecule has 1 N–H and O–H groups in total. The molecule has 0 aromatic heterocycles. The van der Waals surface area contributed by atoms with Crippen molar-refractivity contribution in [2.24, 2.45) is 5.92 Å². The summed E-state index contributed by atoms with van der Waals surface area (Å²) in [6.45, 7) is 4.79. The molecule has 0 spiro atoms. The fourth-order valence-electron chi connectivity index (χ4n) is 2.09. The van der Waals surface area contributed by atoms with Crippen LogP contribution in [0.5, 0.6) is 0 Å². The zero-order valence-electron chi connectivity index (χ0n) is 11.1. The van der Waals surface area contributed by atoms with E-state index in [1.165, 1.54) is 6.07 Å². The minimum Gasteiger partial charge on any atom is -0.384 e. The number of ether oxygens (including phenoxy) is 1. The SMILES string of the molecule is CNC(CC(C)COC)c1cc(C)ccc1F. The molecule has 0 saturated heterocycles. The van der Waals surface area contributed by atoms with E-state index in [-0.39, 0.29) is 11.9 Å². The van der Waals surface area contributed by atoms with Gasteiger partial charge < -0.3 is 10.1 Å². The van der Waals surface area contributed by atoms with Crippen LogP contribution < -0.4 is 5.32 Å². The summed E-state index contributed by atoms with van der Waals surface area (Å²) in [5.41, 5.74) is 1.83. The monoisotopic (exact) mass is 239 g/mol. The van der Waals surface area contributed by atoms with Crippen LogP contribution in [0.15, 0.2) is 18.2 Å². The summed E-state index contributed by atoms with van der Waals surface area (Å²) >= 11 is 0. The van der Waals surface area contributed by atoms with E-state index in [2.05, 4.69) is 12.2 Å². The van der Waals surface area contributed by atoms with Crippen LogP contribution >= 0.6 is 0 Å². The van der Waals surface area contributed by atoms with Crippen LogP contribution in [-0.2, 0) is 4.74 Å². The van der Waals surface area contributed by atoms with E-state index in [1.54, 1.807) is 13.2 Å². The van der Waals surface area contributed by atoms with Gasteiger partial charge in [0, 0.05) is 25.3 Å². The smallest absolute Gasteiger partial charge is 0.127 e. The predicted molar refractivity (Wildman–Crippen MR) is 68.6 cm³/mol. The summed E-state index contributed by atoms with van der Waals surface area (Å²) in [6.07, 6.45) is 0.866. The molecule has 17 heavy (non-hydrogen) atoms. The molecule has 0 aliphatic heterocycles. The lowest BCUT2D eigenvalue weighted by Crippen LogP contribution is -2.21. The first kappa shape index (κ1) is 14.1. The minimum absolute atomic E-state index is 0.0417. The Hall–Kier alpha value is -0.930. The number of aryl methyl sites for hydroxylation is 1. The number of nitrogens with one attached hydrogen (secondary N) is 1. The molecule has 0 heterocycles. The third kappa shape index (κ3) is 4.10. The maximum Gasteiger partial charge on any atom is 0.127 e. The third-order valence-electron chi connectivity index (χ3n) is 2.96. The molecule has 96 valence electrons. The zero-order chi connectivity index (χ0) is 12.8. The summed E-state index contributed by atoms with van der Waals surface area (Å²) < 4.78 is 18.9. The first-order valence-electron chi connectivity index (χ1n) is 6.00.